The summed E-state index contributed by atoms with van der Waals surface area (Å²) in [5.41, 5.74) is 0. The van der Waals surface area contributed by atoms with Crippen LogP contribution in [0.15, 0.2) is 12.4 Å². The van der Waals surface area contributed by atoms with Crippen LogP contribution in [0.5, 0.6) is 0 Å². The molecule has 0 aliphatic rings. The van der Waals surface area contributed by atoms with E-state index in [9.17, 15) is 5.11 Å². The molecule has 2 aromatic rings. The first kappa shape index (κ1) is 11.3. The van der Waals surface area contributed by atoms with Crippen molar-refractivity contribution >= 4 is 27.4 Å². The van der Waals surface area contributed by atoms with Crippen LogP contribution in [0.4, 0.5) is 5.82 Å². The van der Waals surface area contributed by atoms with E-state index in [-0.39, 0.29) is 6.10 Å². The number of nitrogens with zero attached hydrogens (tertiary/aromatic N) is 2. The number of thiophene rings is 1. The fraction of sp³-hybridized carbons (Fsp3) is 0.455. The fourth-order valence-corrected chi connectivity index (χ4v) is 2.40. The molecular formula is C11H15N3OS. The standard InChI is InChI=1S/C11H15N3OS/c1-3-8-4-9-10(12-5-7(2)15)13-6-14-11(9)16-8/h4,6-7,15H,3,5H2,1-2H3,(H,12,13,14)/t7-/m1/s1. The molecule has 0 spiro atoms. The highest BCUT2D eigenvalue weighted by molar-refractivity contribution is 7.18. The lowest BCUT2D eigenvalue weighted by molar-refractivity contribution is 0.208. The number of anilines is 1. The third-order valence-electron chi connectivity index (χ3n) is 2.29. The van der Waals surface area contributed by atoms with Crippen molar-refractivity contribution in [3.05, 3.63) is 17.3 Å². The van der Waals surface area contributed by atoms with E-state index in [2.05, 4.69) is 28.3 Å². The Labute approximate surface area is 98.4 Å². The molecule has 4 nitrogen and oxygen atoms in total. The molecule has 1 atom stereocenters. The van der Waals surface area contributed by atoms with Gasteiger partial charge in [0.05, 0.1) is 11.5 Å². The van der Waals surface area contributed by atoms with E-state index in [1.807, 2.05) is 0 Å². The van der Waals surface area contributed by atoms with Gasteiger partial charge < -0.3 is 10.4 Å². The third kappa shape index (κ3) is 2.31. The van der Waals surface area contributed by atoms with Gasteiger partial charge in [0.25, 0.3) is 0 Å². The number of fused-ring (bicyclic) bond motifs is 1. The number of aromatic nitrogens is 2. The van der Waals surface area contributed by atoms with Crippen LogP contribution in [0.25, 0.3) is 10.2 Å². The zero-order valence-electron chi connectivity index (χ0n) is 9.40. The highest BCUT2D eigenvalue weighted by Gasteiger charge is 2.07. The van der Waals surface area contributed by atoms with E-state index < -0.39 is 0 Å². The predicted molar refractivity (Wildman–Crippen MR) is 67.0 cm³/mol. The summed E-state index contributed by atoms with van der Waals surface area (Å²) in [6, 6.07) is 2.12. The van der Waals surface area contributed by atoms with Gasteiger partial charge in [-0.05, 0) is 19.4 Å². The van der Waals surface area contributed by atoms with Gasteiger partial charge in [0, 0.05) is 11.4 Å². The molecule has 0 amide bonds. The van der Waals surface area contributed by atoms with Gasteiger partial charge in [-0.3, -0.25) is 0 Å². The smallest absolute Gasteiger partial charge is 0.138 e. The van der Waals surface area contributed by atoms with E-state index >= 15 is 0 Å². The lowest BCUT2D eigenvalue weighted by Gasteiger charge is -2.07. The first-order valence-corrected chi connectivity index (χ1v) is 6.17. The Hall–Kier alpha value is -1.20. The van der Waals surface area contributed by atoms with Crippen molar-refractivity contribution in [3.8, 4) is 0 Å². The molecule has 2 rings (SSSR count). The first-order chi connectivity index (χ1) is 7.70. The molecular weight excluding hydrogens is 222 g/mol. The Balaban J connectivity index is 2.33. The summed E-state index contributed by atoms with van der Waals surface area (Å²) in [7, 11) is 0. The number of hydrogen-bond acceptors (Lipinski definition) is 5. The van der Waals surface area contributed by atoms with Gasteiger partial charge in [-0.2, -0.15) is 0 Å². The van der Waals surface area contributed by atoms with Crippen molar-refractivity contribution in [1.82, 2.24) is 9.97 Å². The Bertz CT molecular complexity index is 481. The summed E-state index contributed by atoms with van der Waals surface area (Å²) in [6.45, 7) is 4.38. The second-order valence-electron chi connectivity index (χ2n) is 3.74. The van der Waals surface area contributed by atoms with Crippen molar-refractivity contribution in [3.63, 3.8) is 0 Å². The summed E-state index contributed by atoms with van der Waals surface area (Å²) in [5.74, 6) is 0.807. The molecule has 0 saturated carbocycles. The van der Waals surface area contributed by atoms with E-state index in [0.29, 0.717) is 6.54 Å². The van der Waals surface area contributed by atoms with Gasteiger partial charge in [0.1, 0.15) is 17.0 Å². The maximum atomic E-state index is 9.23. The minimum absolute atomic E-state index is 0.380. The largest absolute Gasteiger partial charge is 0.392 e. The molecule has 2 heterocycles. The van der Waals surface area contributed by atoms with Crippen molar-refractivity contribution < 1.29 is 5.11 Å². The van der Waals surface area contributed by atoms with E-state index in [1.165, 1.54) is 4.88 Å². The topological polar surface area (TPSA) is 58.0 Å². The van der Waals surface area contributed by atoms with Crippen LogP contribution in [-0.2, 0) is 6.42 Å². The number of aliphatic hydroxyl groups is 1. The summed E-state index contributed by atoms with van der Waals surface area (Å²) >= 11 is 1.69. The molecule has 0 aliphatic heterocycles. The SMILES string of the molecule is CCc1cc2c(NC[C@@H](C)O)ncnc2s1. The van der Waals surface area contributed by atoms with Gasteiger partial charge in [0.15, 0.2) is 0 Å². The molecule has 0 radical (unpaired) electrons. The molecule has 0 fully saturated rings. The summed E-state index contributed by atoms with van der Waals surface area (Å²) < 4.78 is 0. The first-order valence-electron chi connectivity index (χ1n) is 5.36. The van der Waals surface area contributed by atoms with Crippen LogP contribution in [0.3, 0.4) is 0 Å². The summed E-state index contributed by atoms with van der Waals surface area (Å²) in [4.78, 5) is 10.7. The molecule has 0 aromatic carbocycles. The van der Waals surface area contributed by atoms with Crippen LogP contribution in [0.1, 0.15) is 18.7 Å². The molecule has 0 unspecified atom stereocenters. The van der Waals surface area contributed by atoms with Gasteiger partial charge in [0.2, 0.25) is 0 Å². The maximum absolute atomic E-state index is 9.23. The zero-order chi connectivity index (χ0) is 11.5. The number of aryl methyl sites for hydroxylation is 1. The number of rotatable bonds is 4. The number of nitrogens with one attached hydrogen (secondary N) is 1. The lowest BCUT2D eigenvalue weighted by Crippen LogP contribution is -2.16. The highest BCUT2D eigenvalue weighted by atomic mass is 32.1. The van der Waals surface area contributed by atoms with Crippen LogP contribution in [0.2, 0.25) is 0 Å². The minimum Gasteiger partial charge on any atom is -0.392 e. The number of aliphatic hydroxyl groups excluding tert-OH is 1. The van der Waals surface area contributed by atoms with Crippen molar-refractivity contribution in [2.45, 2.75) is 26.4 Å². The van der Waals surface area contributed by atoms with Crippen molar-refractivity contribution in [2.24, 2.45) is 0 Å². The molecule has 0 bridgehead atoms. The van der Waals surface area contributed by atoms with Crippen molar-refractivity contribution in [1.29, 1.82) is 0 Å². The number of hydrogen-bond donors (Lipinski definition) is 2. The van der Waals surface area contributed by atoms with E-state index in [0.717, 1.165) is 22.5 Å². The fourth-order valence-electron chi connectivity index (χ4n) is 1.46. The Morgan fingerprint density at radius 2 is 2.31 bits per heavy atom. The van der Waals surface area contributed by atoms with Gasteiger partial charge >= 0.3 is 0 Å². The van der Waals surface area contributed by atoms with E-state index in [4.69, 9.17) is 0 Å². The van der Waals surface area contributed by atoms with Gasteiger partial charge in [-0.15, -0.1) is 11.3 Å². The van der Waals surface area contributed by atoms with Gasteiger partial charge in [-0.25, -0.2) is 9.97 Å². The zero-order valence-corrected chi connectivity index (χ0v) is 10.2. The van der Waals surface area contributed by atoms with Crippen LogP contribution >= 0.6 is 11.3 Å². The van der Waals surface area contributed by atoms with Crippen LogP contribution < -0.4 is 5.32 Å². The molecule has 0 aliphatic carbocycles. The molecule has 86 valence electrons. The highest BCUT2D eigenvalue weighted by Crippen LogP contribution is 2.28. The summed E-state index contributed by atoms with van der Waals surface area (Å²) in [6.07, 6.45) is 2.19. The second-order valence-corrected chi connectivity index (χ2v) is 4.85. The molecule has 5 heteroatoms. The molecule has 2 aromatic heterocycles. The van der Waals surface area contributed by atoms with Crippen molar-refractivity contribution in [2.75, 3.05) is 11.9 Å². The quantitative estimate of drug-likeness (QED) is 0.854. The van der Waals surface area contributed by atoms with E-state index in [1.54, 1.807) is 24.6 Å². The molecule has 0 saturated heterocycles. The maximum Gasteiger partial charge on any atom is 0.138 e. The monoisotopic (exact) mass is 237 g/mol. The predicted octanol–water partition coefficient (Wildman–Crippen LogP) is 2.05. The normalized spacial score (nSPS) is 12.9. The summed E-state index contributed by atoms with van der Waals surface area (Å²) in [5, 5.41) is 13.4. The Morgan fingerprint density at radius 1 is 1.50 bits per heavy atom. The average Bonchev–Trinajstić information content (AvgIpc) is 2.69. The molecule has 16 heavy (non-hydrogen) atoms. The lowest BCUT2D eigenvalue weighted by atomic mass is 10.3. The van der Waals surface area contributed by atoms with Crippen LogP contribution in [-0.4, -0.2) is 27.7 Å². The van der Waals surface area contributed by atoms with Gasteiger partial charge in [-0.1, -0.05) is 6.92 Å². The Kier molecular flexibility index (Phi) is 3.36. The minimum atomic E-state index is -0.380. The third-order valence-corrected chi connectivity index (χ3v) is 3.48. The molecule has 2 N–H and O–H groups in total. The Morgan fingerprint density at radius 3 is 3.00 bits per heavy atom. The average molecular weight is 237 g/mol. The van der Waals surface area contributed by atoms with Crippen LogP contribution in [0, 0.1) is 0 Å². The second kappa shape index (κ2) is 4.76.